The summed E-state index contributed by atoms with van der Waals surface area (Å²) in [6, 6.07) is 0. The van der Waals surface area contributed by atoms with Gasteiger partial charge in [0, 0.05) is 26.2 Å². The Hall–Kier alpha value is -2.12. The zero-order valence-electron chi connectivity index (χ0n) is 16.9. The first kappa shape index (κ1) is 21.9. The van der Waals surface area contributed by atoms with Gasteiger partial charge in [-0.15, -0.1) is 0 Å². The number of hydrogen-bond donors (Lipinski definition) is 4. The molecule has 1 aliphatic rings. The third-order valence-electron chi connectivity index (χ3n) is 4.19. The smallest absolute Gasteiger partial charge is 0.0801 e. The van der Waals surface area contributed by atoms with Crippen LogP contribution < -0.4 is 21.7 Å². The van der Waals surface area contributed by atoms with E-state index in [4.69, 9.17) is 0 Å². The van der Waals surface area contributed by atoms with Crippen molar-refractivity contribution in [1.82, 2.24) is 21.7 Å². The highest BCUT2D eigenvalue weighted by molar-refractivity contribution is 6.40. The van der Waals surface area contributed by atoms with Crippen LogP contribution in [0.15, 0.2) is 20.4 Å². The van der Waals surface area contributed by atoms with Crippen molar-refractivity contribution in [2.45, 2.75) is 66.2 Å². The van der Waals surface area contributed by atoms with Gasteiger partial charge in [0.05, 0.1) is 22.8 Å². The van der Waals surface area contributed by atoms with Crippen LogP contribution in [-0.2, 0) is 0 Å². The highest BCUT2D eigenvalue weighted by atomic mass is 15.3. The summed E-state index contributed by atoms with van der Waals surface area (Å²) in [5.74, 6) is 0. The molecule has 0 radical (unpaired) electrons. The molecule has 0 amide bonds. The predicted octanol–water partition coefficient (Wildman–Crippen LogP) is 2.20. The molecule has 1 aliphatic heterocycles. The molecule has 0 aliphatic carbocycles. The second-order valence-corrected chi connectivity index (χ2v) is 6.54. The van der Waals surface area contributed by atoms with Gasteiger partial charge < -0.3 is 21.7 Å². The zero-order chi connectivity index (χ0) is 19.0. The molecule has 0 atom stereocenters. The van der Waals surface area contributed by atoms with E-state index in [-0.39, 0.29) is 0 Å². The van der Waals surface area contributed by atoms with Crippen LogP contribution in [0.2, 0.25) is 0 Å². The quantitative estimate of drug-likeness (QED) is 0.530. The van der Waals surface area contributed by atoms with Crippen LogP contribution in [0.3, 0.4) is 0 Å². The van der Waals surface area contributed by atoms with Crippen molar-refractivity contribution in [3.8, 4) is 0 Å². The van der Waals surface area contributed by atoms with Gasteiger partial charge in [0.2, 0.25) is 0 Å². The molecule has 0 unspecified atom stereocenters. The molecule has 8 nitrogen and oxygen atoms in total. The van der Waals surface area contributed by atoms with E-state index in [9.17, 15) is 0 Å². The summed E-state index contributed by atoms with van der Waals surface area (Å²) in [4.78, 5) is 0. The van der Waals surface area contributed by atoms with E-state index in [0.29, 0.717) is 0 Å². The number of hydrazone groups is 4. The fourth-order valence-electron chi connectivity index (χ4n) is 2.19. The molecule has 8 heteroatoms. The number of nitrogens with one attached hydrogen (secondary N) is 4. The Morgan fingerprint density at radius 1 is 0.423 bits per heavy atom. The summed E-state index contributed by atoms with van der Waals surface area (Å²) < 4.78 is 0. The van der Waals surface area contributed by atoms with E-state index in [0.717, 1.165) is 87.6 Å². The van der Waals surface area contributed by atoms with Crippen LogP contribution in [0.1, 0.15) is 66.2 Å². The molecule has 26 heavy (non-hydrogen) atoms. The summed E-state index contributed by atoms with van der Waals surface area (Å²) in [6.45, 7) is 11.4. The third kappa shape index (κ3) is 10.7. The lowest BCUT2D eigenvalue weighted by atomic mass is 10.2. The SMILES string of the molecule is CC1=N/NCCCCCN/N=C(C)/C(C)=N\NCCCCCN\N=C\1C. The topological polar surface area (TPSA) is 97.6 Å². The van der Waals surface area contributed by atoms with Crippen LogP contribution in [0.25, 0.3) is 0 Å². The number of rotatable bonds is 0. The Bertz CT molecular complexity index is 417. The van der Waals surface area contributed by atoms with Crippen molar-refractivity contribution >= 4 is 22.8 Å². The maximum Gasteiger partial charge on any atom is 0.0801 e. The highest BCUT2D eigenvalue weighted by Crippen LogP contribution is 1.95. The van der Waals surface area contributed by atoms with Crippen LogP contribution in [0.5, 0.6) is 0 Å². The Labute approximate surface area is 158 Å². The zero-order valence-corrected chi connectivity index (χ0v) is 16.9. The van der Waals surface area contributed by atoms with Crippen LogP contribution in [-0.4, -0.2) is 49.0 Å². The second-order valence-electron chi connectivity index (χ2n) is 6.54. The molecule has 0 saturated heterocycles. The lowest BCUT2D eigenvalue weighted by Crippen LogP contribution is -2.20. The van der Waals surface area contributed by atoms with E-state index >= 15 is 0 Å². The molecule has 4 N–H and O–H groups in total. The van der Waals surface area contributed by atoms with Crippen molar-refractivity contribution in [2.75, 3.05) is 26.2 Å². The van der Waals surface area contributed by atoms with Gasteiger partial charge in [-0.2, -0.15) is 20.4 Å². The van der Waals surface area contributed by atoms with Gasteiger partial charge >= 0.3 is 0 Å². The largest absolute Gasteiger partial charge is 0.310 e. The molecule has 0 aromatic rings. The fourth-order valence-corrected chi connectivity index (χ4v) is 2.19. The van der Waals surface area contributed by atoms with Crippen molar-refractivity contribution in [3.63, 3.8) is 0 Å². The molecule has 0 aromatic heterocycles. The van der Waals surface area contributed by atoms with Crippen LogP contribution in [0.4, 0.5) is 0 Å². The first-order chi connectivity index (χ1) is 12.6. The number of nitrogens with zero attached hydrogens (tertiary/aromatic N) is 4. The average molecular weight is 365 g/mol. The summed E-state index contributed by atoms with van der Waals surface area (Å²) in [5.41, 5.74) is 16.2. The first-order valence-corrected chi connectivity index (χ1v) is 9.70. The van der Waals surface area contributed by atoms with E-state index in [1.807, 2.05) is 27.7 Å². The molecule has 1 rings (SSSR count). The van der Waals surface area contributed by atoms with Crippen molar-refractivity contribution in [1.29, 1.82) is 0 Å². The normalized spacial score (nSPS) is 28.2. The highest BCUT2D eigenvalue weighted by Gasteiger charge is 1.98. The van der Waals surface area contributed by atoms with E-state index in [2.05, 4.69) is 42.1 Å². The maximum atomic E-state index is 4.37. The van der Waals surface area contributed by atoms with Gasteiger partial charge in [0.25, 0.3) is 0 Å². The molecule has 0 aromatic carbocycles. The summed E-state index contributed by atoms with van der Waals surface area (Å²) in [5, 5.41) is 17.5. The lowest BCUT2D eigenvalue weighted by Gasteiger charge is -2.07. The molecule has 0 spiro atoms. The Kier molecular flexibility index (Phi) is 11.9. The van der Waals surface area contributed by atoms with Crippen LogP contribution in [0, 0.1) is 0 Å². The minimum absolute atomic E-state index is 0.873. The Morgan fingerprint density at radius 3 is 0.885 bits per heavy atom. The first-order valence-electron chi connectivity index (χ1n) is 9.70. The van der Waals surface area contributed by atoms with Gasteiger partial charge in [0.15, 0.2) is 0 Å². The Balaban J connectivity index is 2.49. The monoisotopic (exact) mass is 364 g/mol. The molecule has 1 heterocycles. The minimum atomic E-state index is 0.873. The summed E-state index contributed by atoms with van der Waals surface area (Å²) in [7, 11) is 0. The maximum absolute atomic E-state index is 4.37. The van der Waals surface area contributed by atoms with Gasteiger partial charge in [-0.05, 0) is 66.2 Å². The lowest BCUT2D eigenvalue weighted by molar-refractivity contribution is 0.589. The minimum Gasteiger partial charge on any atom is -0.310 e. The second kappa shape index (κ2) is 14.1. The van der Waals surface area contributed by atoms with Gasteiger partial charge in [-0.25, -0.2) is 0 Å². The van der Waals surface area contributed by atoms with Crippen LogP contribution >= 0.6 is 0 Å². The molecule has 0 fully saturated rings. The predicted molar refractivity (Wildman–Crippen MR) is 112 cm³/mol. The summed E-state index contributed by atoms with van der Waals surface area (Å²) in [6.07, 6.45) is 6.60. The van der Waals surface area contributed by atoms with Crippen molar-refractivity contribution < 1.29 is 0 Å². The number of hydrogen-bond acceptors (Lipinski definition) is 8. The van der Waals surface area contributed by atoms with Crippen molar-refractivity contribution in [3.05, 3.63) is 0 Å². The van der Waals surface area contributed by atoms with Gasteiger partial charge in [0.1, 0.15) is 0 Å². The van der Waals surface area contributed by atoms with Gasteiger partial charge in [-0.3, -0.25) is 0 Å². The van der Waals surface area contributed by atoms with Crippen molar-refractivity contribution in [2.24, 2.45) is 20.4 Å². The molecule has 148 valence electrons. The van der Waals surface area contributed by atoms with E-state index < -0.39 is 0 Å². The molecular weight excluding hydrogens is 328 g/mol. The average Bonchev–Trinajstić information content (AvgIpc) is 2.63. The molecule has 0 saturated carbocycles. The third-order valence-corrected chi connectivity index (χ3v) is 4.19. The molecular formula is C18H36N8. The standard InChI is InChI=1S/C18H36N8/c1-15-16(2)24-20-12-8-6-10-14-22-26-18(4)17(3)25-21-13-9-5-7-11-19-23-15/h19-22H,5-14H2,1-4H3/b23-15-,24-16+,25-17+,26-18-. The fraction of sp³-hybridized carbons (Fsp3) is 0.778. The summed E-state index contributed by atoms with van der Waals surface area (Å²) >= 11 is 0. The van der Waals surface area contributed by atoms with Gasteiger partial charge in [-0.1, -0.05) is 0 Å². The van der Waals surface area contributed by atoms with E-state index in [1.54, 1.807) is 0 Å². The van der Waals surface area contributed by atoms with E-state index in [1.165, 1.54) is 0 Å². The molecule has 0 bridgehead atoms. The Morgan fingerprint density at radius 2 is 0.654 bits per heavy atom.